The third kappa shape index (κ3) is 5.06. The summed E-state index contributed by atoms with van der Waals surface area (Å²) in [6.07, 6.45) is 0. The van der Waals surface area contributed by atoms with Crippen LogP contribution < -0.4 is 0 Å². The molecule has 12 heteroatoms. The zero-order chi connectivity index (χ0) is 23.5. The fourth-order valence-electron chi connectivity index (χ4n) is 3.30. The highest BCUT2D eigenvalue weighted by molar-refractivity contribution is 7.89. The minimum atomic E-state index is -3.72. The quantitative estimate of drug-likeness (QED) is 0.351. The first kappa shape index (κ1) is 23.6. The van der Waals surface area contributed by atoms with E-state index >= 15 is 0 Å². The molecular formula is C20H20ClN3O7S. The van der Waals surface area contributed by atoms with Crippen molar-refractivity contribution in [3.63, 3.8) is 0 Å². The number of esters is 1. The molecule has 1 aliphatic heterocycles. The van der Waals surface area contributed by atoms with E-state index in [1.165, 1.54) is 58.6 Å². The Balaban J connectivity index is 1.57. The SMILES string of the molecule is Cc1cccc(C(=O)OCC(=O)N2CCN(S(=O)(=O)c3ccc(Cl)cc3)CC2)c1[N+](=O)[O-]. The normalized spacial score (nSPS) is 14.8. The number of hydrogen-bond acceptors (Lipinski definition) is 7. The van der Waals surface area contributed by atoms with Gasteiger partial charge in [0.1, 0.15) is 5.56 Å². The van der Waals surface area contributed by atoms with Gasteiger partial charge in [-0.15, -0.1) is 0 Å². The molecule has 1 saturated heterocycles. The average molecular weight is 482 g/mol. The molecule has 2 aromatic carbocycles. The molecule has 10 nitrogen and oxygen atoms in total. The lowest BCUT2D eigenvalue weighted by atomic mass is 10.1. The van der Waals surface area contributed by atoms with Crippen molar-refractivity contribution in [3.8, 4) is 0 Å². The van der Waals surface area contributed by atoms with E-state index in [0.717, 1.165) is 0 Å². The second-order valence-electron chi connectivity index (χ2n) is 7.04. The first-order valence-corrected chi connectivity index (χ1v) is 11.4. The lowest BCUT2D eigenvalue weighted by molar-refractivity contribution is -0.385. The lowest BCUT2D eigenvalue weighted by Crippen LogP contribution is -2.51. The summed E-state index contributed by atoms with van der Waals surface area (Å²) in [5.41, 5.74) is -0.304. The molecule has 1 heterocycles. The average Bonchev–Trinajstić information content (AvgIpc) is 2.77. The predicted molar refractivity (Wildman–Crippen MR) is 115 cm³/mol. The van der Waals surface area contributed by atoms with Gasteiger partial charge in [0.2, 0.25) is 10.0 Å². The van der Waals surface area contributed by atoms with Gasteiger partial charge in [-0.05, 0) is 37.3 Å². The third-order valence-electron chi connectivity index (χ3n) is 5.01. The van der Waals surface area contributed by atoms with Gasteiger partial charge in [0.25, 0.3) is 11.6 Å². The number of para-hydroxylation sites is 1. The minimum absolute atomic E-state index is 0.0774. The molecule has 32 heavy (non-hydrogen) atoms. The van der Waals surface area contributed by atoms with Crippen molar-refractivity contribution < 1.29 is 27.7 Å². The molecule has 3 rings (SSSR count). The summed E-state index contributed by atoms with van der Waals surface area (Å²) < 4.78 is 31.7. The molecule has 1 amide bonds. The van der Waals surface area contributed by atoms with Crippen LogP contribution in [0, 0.1) is 17.0 Å². The number of nitro benzene ring substituents is 1. The number of carbonyl (C=O) groups excluding carboxylic acids is 2. The van der Waals surface area contributed by atoms with Crippen LogP contribution in [0.2, 0.25) is 5.02 Å². The number of carbonyl (C=O) groups is 2. The van der Waals surface area contributed by atoms with Crippen LogP contribution in [-0.2, 0) is 19.6 Å². The number of aryl methyl sites for hydroxylation is 1. The van der Waals surface area contributed by atoms with Crippen LogP contribution in [0.25, 0.3) is 0 Å². The van der Waals surface area contributed by atoms with Gasteiger partial charge in [-0.1, -0.05) is 23.7 Å². The van der Waals surface area contributed by atoms with Crippen LogP contribution >= 0.6 is 11.6 Å². The Hall–Kier alpha value is -3.02. The van der Waals surface area contributed by atoms with E-state index in [1.807, 2.05) is 0 Å². The zero-order valence-corrected chi connectivity index (χ0v) is 18.6. The Bertz CT molecular complexity index is 1140. The summed E-state index contributed by atoms with van der Waals surface area (Å²) in [7, 11) is -3.72. The molecule has 0 aliphatic carbocycles. The second kappa shape index (κ2) is 9.63. The first-order valence-electron chi connectivity index (χ1n) is 9.56. The van der Waals surface area contributed by atoms with Gasteiger partial charge in [-0.3, -0.25) is 14.9 Å². The van der Waals surface area contributed by atoms with Gasteiger partial charge in [0, 0.05) is 36.8 Å². The second-order valence-corrected chi connectivity index (χ2v) is 9.42. The van der Waals surface area contributed by atoms with Crippen molar-refractivity contribution in [2.45, 2.75) is 11.8 Å². The number of benzene rings is 2. The summed E-state index contributed by atoms with van der Waals surface area (Å²) in [5.74, 6) is -1.49. The number of halogens is 1. The highest BCUT2D eigenvalue weighted by Crippen LogP contribution is 2.24. The lowest BCUT2D eigenvalue weighted by Gasteiger charge is -2.33. The summed E-state index contributed by atoms with van der Waals surface area (Å²) in [5, 5.41) is 11.6. The van der Waals surface area contributed by atoms with Gasteiger partial charge < -0.3 is 9.64 Å². The number of rotatable bonds is 6. The molecule has 0 N–H and O–H groups in total. The molecule has 0 saturated carbocycles. The van der Waals surface area contributed by atoms with Crippen molar-refractivity contribution in [2.75, 3.05) is 32.8 Å². The smallest absolute Gasteiger partial charge is 0.345 e. The number of ether oxygens (including phenoxy) is 1. The first-order chi connectivity index (χ1) is 15.1. The topological polar surface area (TPSA) is 127 Å². The van der Waals surface area contributed by atoms with Gasteiger partial charge in [-0.25, -0.2) is 13.2 Å². The van der Waals surface area contributed by atoms with E-state index in [-0.39, 0.29) is 42.3 Å². The summed E-state index contributed by atoms with van der Waals surface area (Å²) in [4.78, 5) is 36.7. The standard InChI is InChI=1S/C20H20ClN3O7S/c1-14-3-2-4-17(19(14)24(27)28)20(26)31-13-18(25)22-9-11-23(12-10-22)32(29,30)16-7-5-15(21)6-8-16/h2-8H,9-13H2,1H3. The van der Waals surface area contributed by atoms with Crippen LogP contribution in [0.1, 0.15) is 15.9 Å². The van der Waals surface area contributed by atoms with Gasteiger partial charge >= 0.3 is 5.97 Å². The fraction of sp³-hybridized carbons (Fsp3) is 0.300. The largest absolute Gasteiger partial charge is 0.452 e. The Kier molecular flexibility index (Phi) is 7.12. The minimum Gasteiger partial charge on any atom is -0.452 e. The number of nitrogens with zero attached hydrogens (tertiary/aromatic N) is 3. The highest BCUT2D eigenvalue weighted by atomic mass is 35.5. The van der Waals surface area contributed by atoms with E-state index in [2.05, 4.69) is 0 Å². The van der Waals surface area contributed by atoms with Gasteiger partial charge in [0.05, 0.1) is 9.82 Å². The van der Waals surface area contributed by atoms with E-state index < -0.39 is 33.4 Å². The monoisotopic (exact) mass is 481 g/mol. The number of nitro groups is 1. The van der Waals surface area contributed by atoms with Crippen LogP contribution in [0.5, 0.6) is 0 Å². The molecule has 0 unspecified atom stereocenters. The summed E-state index contributed by atoms with van der Waals surface area (Å²) in [6, 6.07) is 10.1. The molecule has 0 aromatic heterocycles. The Labute approximate surface area is 189 Å². The number of sulfonamides is 1. The van der Waals surface area contributed by atoms with Crippen molar-refractivity contribution in [1.82, 2.24) is 9.21 Å². The number of hydrogen-bond donors (Lipinski definition) is 0. The summed E-state index contributed by atoms with van der Waals surface area (Å²) in [6.45, 7) is 1.29. The Morgan fingerprint density at radius 2 is 1.72 bits per heavy atom. The highest BCUT2D eigenvalue weighted by Gasteiger charge is 2.31. The molecule has 1 aliphatic rings. The maximum atomic E-state index is 12.7. The maximum Gasteiger partial charge on any atom is 0.345 e. The van der Waals surface area contributed by atoms with Crippen LogP contribution in [0.3, 0.4) is 0 Å². The van der Waals surface area contributed by atoms with E-state index in [4.69, 9.17) is 16.3 Å². The molecule has 0 spiro atoms. The molecule has 2 aromatic rings. The fourth-order valence-corrected chi connectivity index (χ4v) is 4.84. The van der Waals surface area contributed by atoms with Crippen molar-refractivity contribution in [1.29, 1.82) is 0 Å². The van der Waals surface area contributed by atoms with Crippen molar-refractivity contribution in [3.05, 3.63) is 68.7 Å². The number of piperazine rings is 1. The number of amides is 1. The third-order valence-corrected chi connectivity index (χ3v) is 7.17. The zero-order valence-electron chi connectivity index (χ0n) is 17.1. The van der Waals surface area contributed by atoms with Crippen molar-refractivity contribution in [2.24, 2.45) is 0 Å². The van der Waals surface area contributed by atoms with Crippen LogP contribution in [-0.4, -0.2) is 67.2 Å². The van der Waals surface area contributed by atoms with Crippen molar-refractivity contribution >= 4 is 39.2 Å². The molecule has 0 atom stereocenters. The predicted octanol–water partition coefficient (Wildman–Crippen LogP) is 2.25. The van der Waals surface area contributed by atoms with Crippen LogP contribution in [0.15, 0.2) is 47.4 Å². The van der Waals surface area contributed by atoms with E-state index in [0.29, 0.717) is 10.6 Å². The molecule has 0 bridgehead atoms. The van der Waals surface area contributed by atoms with Gasteiger partial charge in [-0.2, -0.15) is 4.31 Å². The molecule has 170 valence electrons. The summed E-state index contributed by atoms with van der Waals surface area (Å²) >= 11 is 5.80. The molecule has 0 radical (unpaired) electrons. The van der Waals surface area contributed by atoms with E-state index in [1.54, 1.807) is 0 Å². The maximum absolute atomic E-state index is 12.7. The van der Waals surface area contributed by atoms with Gasteiger partial charge in [0.15, 0.2) is 6.61 Å². The molecular weight excluding hydrogens is 462 g/mol. The Morgan fingerprint density at radius 1 is 1.09 bits per heavy atom. The molecule has 1 fully saturated rings. The van der Waals surface area contributed by atoms with Crippen LogP contribution in [0.4, 0.5) is 5.69 Å². The Morgan fingerprint density at radius 3 is 2.31 bits per heavy atom. The van der Waals surface area contributed by atoms with E-state index in [9.17, 15) is 28.1 Å².